The highest BCUT2D eigenvalue weighted by atomic mass is 35.5. The van der Waals surface area contributed by atoms with Gasteiger partial charge in [0.25, 0.3) is 10.0 Å². The van der Waals surface area contributed by atoms with E-state index >= 15 is 0 Å². The summed E-state index contributed by atoms with van der Waals surface area (Å²) >= 11 is 7.07. The van der Waals surface area contributed by atoms with Gasteiger partial charge in [-0.05, 0) is 29.1 Å². The van der Waals surface area contributed by atoms with Gasteiger partial charge < -0.3 is 16.0 Å². The SMILES string of the molecule is NC(=O)N[C@@H](CC(=O)N1CCN(S(=O)(=O)c2cccs2)CC1)c1ccc(Cl)cc1. The Bertz CT molecular complexity index is 956. The van der Waals surface area contributed by atoms with Crippen LogP contribution in [0.3, 0.4) is 0 Å². The van der Waals surface area contributed by atoms with Gasteiger partial charge in [0.1, 0.15) is 4.21 Å². The highest BCUT2D eigenvalue weighted by molar-refractivity contribution is 7.91. The van der Waals surface area contributed by atoms with Crippen LogP contribution < -0.4 is 11.1 Å². The number of carbonyl (C=O) groups excluding carboxylic acids is 2. The molecule has 3 N–H and O–H groups in total. The Labute approximate surface area is 178 Å². The van der Waals surface area contributed by atoms with E-state index in [0.29, 0.717) is 14.8 Å². The second-order valence-electron chi connectivity index (χ2n) is 6.53. The van der Waals surface area contributed by atoms with Crippen molar-refractivity contribution in [1.29, 1.82) is 0 Å². The van der Waals surface area contributed by atoms with Gasteiger partial charge in [-0.1, -0.05) is 29.8 Å². The van der Waals surface area contributed by atoms with Crippen LogP contribution in [0.25, 0.3) is 0 Å². The number of nitrogens with one attached hydrogen (secondary N) is 1. The fourth-order valence-electron chi connectivity index (χ4n) is 3.14. The molecule has 1 aliphatic heterocycles. The van der Waals surface area contributed by atoms with Crippen molar-refractivity contribution < 1.29 is 18.0 Å². The summed E-state index contributed by atoms with van der Waals surface area (Å²) in [6.45, 7) is 1.02. The molecule has 0 radical (unpaired) electrons. The van der Waals surface area contributed by atoms with Crippen molar-refractivity contribution in [1.82, 2.24) is 14.5 Å². The number of primary amides is 1. The first-order chi connectivity index (χ1) is 13.8. The molecule has 0 spiro atoms. The molecule has 1 aromatic heterocycles. The quantitative estimate of drug-likeness (QED) is 0.692. The monoisotopic (exact) mass is 456 g/mol. The summed E-state index contributed by atoms with van der Waals surface area (Å²) in [6, 6.07) is 8.73. The molecule has 29 heavy (non-hydrogen) atoms. The first-order valence-corrected chi connectivity index (χ1v) is 11.6. The minimum absolute atomic E-state index is 0.0161. The lowest BCUT2D eigenvalue weighted by molar-refractivity contribution is -0.132. The van der Waals surface area contributed by atoms with Crippen molar-refractivity contribution >= 4 is 44.9 Å². The Kier molecular flexibility index (Phi) is 6.78. The van der Waals surface area contributed by atoms with E-state index in [1.165, 1.54) is 15.6 Å². The maximum Gasteiger partial charge on any atom is 0.312 e. The molecule has 2 heterocycles. The Morgan fingerprint density at radius 3 is 2.34 bits per heavy atom. The fraction of sp³-hybridized carbons (Fsp3) is 0.333. The number of carbonyl (C=O) groups is 2. The number of sulfonamides is 1. The van der Waals surface area contributed by atoms with E-state index in [0.717, 1.165) is 0 Å². The molecule has 3 rings (SSSR count). The number of hydrogen-bond donors (Lipinski definition) is 2. The second kappa shape index (κ2) is 9.12. The fourth-order valence-corrected chi connectivity index (χ4v) is 5.83. The predicted molar refractivity (Wildman–Crippen MR) is 111 cm³/mol. The van der Waals surface area contributed by atoms with Crippen LogP contribution in [0.15, 0.2) is 46.0 Å². The van der Waals surface area contributed by atoms with Crippen LogP contribution >= 0.6 is 22.9 Å². The minimum Gasteiger partial charge on any atom is -0.352 e. The van der Waals surface area contributed by atoms with Crippen LogP contribution in [0.1, 0.15) is 18.0 Å². The Morgan fingerprint density at radius 2 is 1.79 bits per heavy atom. The van der Waals surface area contributed by atoms with Gasteiger partial charge in [0.15, 0.2) is 0 Å². The third-order valence-electron chi connectivity index (χ3n) is 4.65. The van der Waals surface area contributed by atoms with E-state index in [2.05, 4.69) is 5.32 Å². The number of halogens is 1. The van der Waals surface area contributed by atoms with E-state index in [1.54, 1.807) is 46.7 Å². The molecule has 0 aliphatic carbocycles. The minimum atomic E-state index is -3.53. The van der Waals surface area contributed by atoms with E-state index in [9.17, 15) is 18.0 Å². The number of nitrogens with two attached hydrogens (primary N) is 1. The van der Waals surface area contributed by atoms with Gasteiger partial charge in [-0.2, -0.15) is 4.31 Å². The number of hydrogen-bond acceptors (Lipinski definition) is 5. The summed E-state index contributed by atoms with van der Waals surface area (Å²) < 4.78 is 26.9. The van der Waals surface area contributed by atoms with E-state index in [-0.39, 0.29) is 38.5 Å². The molecule has 0 saturated carbocycles. The standard InChI is InChI=1S/C18H21ClN4O4S2/c19-14-5-3-13(4-6-14)15(21-18(20)25)12-16(24)22-7-9-23(10-8-22)29(26,27)17-2-1-11-28-17/h1-6,11,15H,7-10,12H2,(H3,20,21,25)/t15-/m0/s1. The third-order valence-corrected chi connectivity index (χ3v) is 8.17. The summed E-state index contributed by atoms with van der Waals surface area (Å²) in [5.41, 5.74) is 5.96. The van der Waals surface area contributed by atoms with Crippen LogP contribution in [-0.2, 0) is 14.8 Å². The van der Waals surface area contributed by atoms with E-state index < -0.39 is 22.1 Å². The highest BCUT2D eigenvalue weighted by Gasteiger charge is 2.31. The molecule has 1 saturated heterocycles. The van der Waals surface area contributed by atoms with Crippen molar-refractivity contribution in [2.45, 2.75) is 16.7 Å². The number of amides is 3. The van der Waals surface area contributed by atoms with Crippen LogP contribution in [0.2, 0.25) is 5.02 Å². The summed E-state index contributed by atoms with van der Waals surface area (Å²) in [5, 5.41) is 4.84. The highest BCUT2D eigenvalue weighted by Crippen LogP contribution is 2.24. The van der Waals surface area contributed by atoms with Crippen molar-refractivity contribution in [3.05, 3.63) is 52.4 Å². The second-order valence-corrected chi connectivity index (χ2v) is 10.1. The van der Waals surface area contributed by atoms with E-state index in [4.69, 9.17) is 17.3 Å². The van der Waals surface area contributed by atoms with Crippen LogP contribution in [0.4, 0.5) is 4.79 Å². The van der Waals surface area contributed by atoms with Crippen molar-refractivity contribution in [3.8, 4) is 0 Å². The first-order valence-electron chi connectivity index (χ1n) is 8.90. The number of nitrogens with zero attached hydrogens (tertiary/aromatic N) is 2. The van der Waals surface area contributed by atoms with Crippen molar-refractivity contribution in [3.63, 3.8) is 0 Å². The number of rotatable bonds is 6. The molecule has 8 nitrogen and oxygen atoms in total. The topological polar surface area (TPSA) is 113 Å². The lowest BCUT2D eigenvalue weighted by Crippen LogP contribution is -2.51. The summed E-state index contributed by atoms with van der Waals surface area (Å²) in [6.07, 6.45) is 0.0161. The molecule has 1 aromatic carbocycles. The zero-order chi connectivity index (χ0) is 21.0. The molecule has 0 unspecified atom stereocenters. The van der Waals surface area contributed by atoms with Crippen molar-refractivity contribution in [2.24, 2.45) is 5.73 Å². The molecule has 1 aliphatic rings. The molecule has 11 heteroatoms. The lowest BCUT2D eigenvalue weighted by atomic mass is 10.0. The molecule has 1 fully saturated rings. The average molecular weight is 457 g/mol. The Morgan fingerprint density at radius 1 is 1.14 bits per heavy atom. The zero-order valence-corrected chi connectivity index (χ0v) is 17.8. The van der Waals surface area contributed by atoms with Crippen LogP contribution in [0.5, 0.6) is 0 Å². The van der Waals surface area contributed by atoms with Crippen LogP contribution in [0, 0.1) is 0 Å². The van der Waals surface area contributed by atoms with E-state index in [1.807, 2.05) is 0 Å². The largest absolute Gasteiger partial charge is 0.352 e. The number of piperazine rings is 1. The molecule has 0 bridgehead atoms. The van der Waals surface area contributed by atoms with Gasteiger partial charge in [0.2, 0.25) is 5.91 Å². The maximum absolute atomic E-state index is 12.8. The molecule has 1 atom stereocenters. The normalized spacial score (nSPS) is 16.4. The Balaban J connectivity index is 1.63. The van der Waals surface area contributed by atoms with Gasteiger partial charge >= 0.3 is 6.03 Å². The third kappa shape index (κ3) is 5.27. The van der Waals surface area contributed by atoms with Crippen molar-refractivity contribution in [2.75, 3.05) is 26.2 Å². The zero-order valence-electron chi connectivity index (χ0n) is 15.5. The molecule has 156 valence electrons. The number of thiophene rings is 1. The Hall–Kier alpha value is -2.14. The van der Waals surface area contributed by atoms with Gasteiger partial charge in [-0.15, -0.1) is 11.3 Å². The smallest absolute Gasteiger partial charge is 0.312 e. The summed E-state index contributed by atoms with van der Waals surface area (Å²) in [5.74, 6) is -0.188. The predicted octanol–water partition coefficient (Wildman–Crippen LogP) is 2.03. The van der Waals surface area contributed by atoms with Gasteiger partial charge in [-0.3, -0.25) is 4.79 Å². The lowest BCUT2D eigenvalue weighted by Gasteiger charge is -2.34. The number of benzene rings is 1. The van der Waals surface area contributed by atoms with Gasteiger partial charge in [-0.25, -0.2) is 13.2 Å². The molecule has 3 amide bonds. The first kappa shape index (κ1) is 21.6. The summed E-state index contributed by atoms with van der Waals surface area (Å²) in [4.78, 5) is 25.7. The summed E-state index contributed by atoms with van der Waals surface area (Å²) in [7, 11) is -3.53. The maximum atomic E-state index is 12.8. The molecular formula is C18H21ClN4O4S2. The molecule has 2 aromatic rings. The number of urea groups is 1. The van der Waals surface area contributed by atoms with Gasteiger partial charge in [0, 0.05) is 31.2 Å². The average Bonchev–Trinajstić information content (AvgIpc) is 3.23. The molecular weight excluding hydrogens is 436 g/mol. The van der Waals surface area contributed by atoms with Gasteiger partial charge in [0.05, 0.1) is 12.5 Å². The van der Waals surface area contributed by atoms with Crippen LogP contribution in [-0.4, -0.2) is 55.7 Å².